The lowest BCUT2D eigenvalue weighted by Gasteiger charge is -2.18. The average Bonchev–Trinajstić information content (AvgIpc) is 3.66. The van der Waals surface area contributed by atoms with Gasteiger partial charge >= 0.3 is 0 Å². The number of benzene rings is 1. The van der Waals surface area contributed by atoms with E-state index in [1.807, 2.05) is 74.8 Å². The fourth-order valence-corrected chi connectivity index (χ4v) is 4.13. The number of hydrogen-bond donors (Lipinski definition) is 2. The number of aliphatic hydroxyl groups excluding tert-OH is 1. The number of terminal acetylenes is 1. The molecular weight excluding hydrogens is 490 g/mol. The number of amides is 1. The van der Waals surface area contributed by atoms with Crippen molar-refractivity contribution in [3.63, 3.8) is 0 Å². The van der Waals surface area contributed by atoms with Gasteiger partial charge in [0.1, 0.15) is 5.82 Å². The molecule has 1 aliphatic rings. The fourth-order valence-electron chi connectivity index (χ4n) is 3.95. The summed E-state index contributed by atoms with van der Waals surface area (Å²) in [7, 11) is 1.00. The van der Waals surface area contributed by atoms with Crippen molar-refractivity contribution in [2.75, 3.05) is 25.1 Å². The van der Waals surface area contributed by atoms with Crippen molar-refractivity contribution >= 4 is 29.0 Å². The van der Waals surface area contributed by atoms with Crippen LogP contribution in [0.15, 0.2) is 48.7 Å². The van der Waals surface area contributed by atoms with Gasteiger partial charge in [-0.25, -0.2) is 14.2 Å². The molecule has 0 bridgehead atoms. The minimum Gasteiger partial charge on any atom is -0.400 e. The summed E-state index contributed by atoms with van der Waals surface area (Å²) in [6.45, 7) is 9.43. The van der Waals surface area contributed by atoms with Crippen LogP contribution in [-0.4, -0.2) is 61.6 Å². The van der Waals surface area contributed by atoms with Crippen molar-refractivity contribution in [1.82, 2.24) is 29.7 Å². The van der Waals surface area contributed by atoms with Gasteiger partial charge in [-0.05, 0) is 56.7 Å². The highest BCUT2D eigenvalue weighted by molar-refractivity contribution is 6.30. The number of aliphatic hydroxyl groups is 1. The lowest BCUT2D eigenvalue weighted by atomic mass is 10.2. The van der Waals surface area contributed by atoms with Gasteiger partial charge in [-0.3, -0.25) is 4.79 Å². The molecule has 0 radical (unpaired) electrons. The summed E-state index contributed by atoms with van der Waals surface area (Å²) < 4.78 is 3.57. The normalized spacial score (nSPS) is 14.0. The summed E-state index contributed by atoms with van der Waals surface area (Å²) in [4.78, 5) is 19.3. The third-order valence-electron chi connectivity index (χ3n) is 5.54. The van der Waals surface area contributed by atoms with E-state index in [1.54, 1.807) is 10.7 Å². The van der Waals surface area contributed by atoms with Crippen molar-refractivity contribution in [2.45, 2.75) is 40.2 Å². The third-order valence-corrected chi connectivity index (χ3v) is 5.77. The molecule has 4 aromatic rings. The molecule has 5 rings (SSSR count). The Balaban J connectivity index is 0.000000750. The summed E-state index contributed by atoms with van der Waals surface area (Å²) in [5, 5.41) is 19.9. The third kappa shape index (κ3) is 6.88. The molecule has 1 atom stereocenters. The lowest BCUT2D eigenvalue weighted by molar-refractivity contribution is 0.0935. The van der Waals surface area contributed by atoms with Crippen LogP contribution >= 0.6 is 11.6 Å². The summed E-state index contributed by atoms with van der Waals surface area (Å²) in [5.74, 6) is 0.705. The number of nitrogens with zero attached hydrogens (tertiary/aromatic N) is 6. The Bertz CT molecular complexity index is 1330. The molecule has 10 heteroatoms. The van der Waals surface area contributed by atoms with Gasteiger partial charge in [-0.15, -0.1) is 17.9 Å². The van der Waals surface area contributed by atoms with E-state index in [0.717, 1.165) is 48.6 Å². The van der Waals surface area contributed by atoms with E-state index >= 15 is 0 Å². The van der Waals surface area contributed by atoms with E-state index in [9.17, 15) is 4.79 Å². The van der Waals surface area contributed by atoms with Crippen LogP contribution < -0.4 is 10.2 Å². The highest BCUT2D eigenvalue weighted by Crippen LogP contribution is 2.20. The molecule has 1 aliphatic heterocycles. The molecule has 1 saturated heterocycles. The Kier molecular flexibility index (Phi) is 11.1. The topological polar surface area (TPSA) is 101 Å². The second-order valence-electron chi connectivity index (χ2n) is 7.83. The first kappa shape index (κ1) is 29.4. The minimum absolute atomic E-state index is 0.0329. The van der Waals surface area contributed by atoms with Gasteiger partial charge in [-0.1, -0.05) is 31.5 Å². The van der Waals surface area contributed by atoms with Gasteiger partial charge in [0.25, 0.3) is 5.91 Å². The summed E-state index contributed by atoms with van der Waals surface area (Å²) in [5.41, 5.74) is 3.91. The van der Waals surface area contributed by atoms with Gasteiger partial charge in [0.05, 0.1) is 17.6 Å². The summed E-state index contributed by atoms with van der Waals surface area (Å²) in [6, 6.07) is 13.2. The predicted octanol–water partition coefficient (Wildman–Crippen LogP) is 4.08. The Morgan fingerprint density at radius 2 is 1.81 bits per heavy atom. The number of carbonyl (C=O) groups excluding carboxylic acids is 1. The van der Waals surface area contributed by atoms with E-state index in [2.05, 4.69) is 38.2 Å². The van der Waals surface area contributed by atoms with Gasteiger partial charge in [0.2, 0.25) is 0 Å². The van der Waals surface area contributed by atoms with Crippen LogP contribution in [0.25, 0.3) is 11.3 Å². The molecule has 3 aromatic heterocycles. The van der Waals surface area contributed by atoms with Crippen LogP contribution in [0.3, 0.4) is 0 Å². The largest absolute Gasteiger partial charge is 0.400 e. The molecule has 2 N–H and O–H groups in total. The van der Waals surface area contributed by atoms with Gasteiger partial charge in [0.15, 0.2) is 11.3 Å². The Hall–Kier alpha value is -3.87. The molecule has 1 amide bonds. The van der Waals surface area contributed by atoms with Crippen molar-refractivity contribution in [3.8, 4) is 18.5 Å². The second kappa shape index (κ2) is 14.0. The van der Waals surface area contributed by atoms with Crippen LogP contribution in [0.5, 0.6) is 0 Å². The van der Waals surface area contributed by atoms with Crippen molar-refractivity contribution in [2.24, 2.45) is 0 Å². The molecule has 0 saturated carbocycles. The first-order chi connectivity index (χ1) is 18.0. The van der Waals surface area contributed by atoms with Crippen LogP contribution in [0.4, 0.5) is 5.82 Å². The highest BCUT2D eigenvalue weighted by Gasteiger charge is 2.26. The minimum atomic E-state index is -0.176. The maximum Gasteiger partial charge on any atom is 0.272 e. The maximum absolute atomic E-state index is 12.8. The van der Waals surface area contributed by atoms with Gasteiger partial charge < -0.3 is 15.3 Å². The second-order valence-corrected chi connectivity index (χ2v) is 8.27. The number of imidazole rings is 1. The number of aromatic nitrogens is 5. The predicted molar refractivity (Wildman–Crippen MR) is 148 cm³/mol. The van der Waals surface area contributed by atoms with Crippen LogP contribution in [-0.2, 0) is 0 Å². The first-order valence-electron chi connectivity index (χ1n) is 12.0. The number of anilines is 1. The molecule has 0 aliphatic carbocycles. The standard InChI is InChI=1S/C22H22ClN7O.C2H6.C2H2.CH4O/c1-14-10-19(26-29(14)18-5-3-4-16(23)11-18)22(31)25-17-8-9-28(13-17)21-7-6-20-24-12-15(2)30(20)27-21;3*1-2/h3-7,10-12,17H,8-9,13H2,1-2H3,(H,25,31);1-2H3;1-2H;2H,1H3/t17-;;;/m0.../s1. The van der Waals surface area contributed by atoms with Crippen molar-refractivity contribution in [1.29, 1.82) is 0 Å². The summed E-state index contributed by atoms with van der Waals surface area (Å²) in [6.07, 6.45) is 10.7. The summed E-state index contributed by atoms with van der Waals surface area (Å²) >= 11 is 6.09. The number of aryl methyl sites for hydroxylation is 2. The zero-order chi connectivity index (χ0) is 27.5. The number of hydrogen-bond acceptors (Lipinski definition) is 6. The zero-order valence-electron chi connectivity index (χ0n) is 21.9. The zero-order valence-corrected chi connectivity index (χ0v) is 22.6. The number of nitrogens with one attached hydrogen (secondary N) is 1. The Labute approximate surface area is 223 Å². The average molecular weight is 524 g/mol. The molecule has 0 unspecified atom stereocenters. The van der Waals surface area contributed by atoms with Crippen LogP contribution in [0.2, 0.25) is 5.02 Å². The number of rotatable bonds is 4. The smallest absolute Gasteiger partial charge is 0.272 e. The van der Waals surface area contributed by atoms with Crippen LogP contribution in [0, 0.1) is 26.7 Å². The molecule has 4 heterocycles. The molecule has 196 valence electrons. The fraction of sp³-hybridized carbons (Fsp3) is 0.333. The highest BCUT2D eigenvalue weighted by atomic mass is 35.5. The van der Waals surface area contributed by atoms with E-state index in [1.165, 1.54) is 0 Å². The first-order valence-corrected chi connectivity index (χ1v) is 12.3. The van der Waals surface area contributed by atoms with Crippen LogP contribution in [0.1, 0.15) is 42.1 Å². The Morgan fingerprint density at radius 1 is 1.08 bits per heavy atom. The monoisotopic (exact) mass is 523 g/mol. The molecule has 0 spiro atoms. The molecule has 9 nitrogen and oxygen atoms in total. The van der Waals surface area contributed by atoms with Crippen molar-refractivity contribution in [3.05, 3.63) is 70.8 Å². The molecule has 1 aromatic carbocycles. The van der Waals surface area contributed by atoms with E-state index in [4.69, 9.17) is 16.7 Å². The van der Waals surface area contributed by atoms with Crippen molar-refractivity contribution < 1.29 is 9.90 Å². The number of carbonyl (C=O) groups is 1. The quantitative estimate of drug-likeness (QED) is 0.391. The molecule has 37 heavy (non-hydrogen) atoms. The molecule has 1 fully saturated rings. The SMILES string of the molecule is C#C.CC.CO.Cc1cc(C(=O)N[C@H]2CCN(c3ccc4ncc(C)n4n3)C2)nn1-c1cccc(Cl)c1. The van der Waals surface area contributed by atoms with Gasteiger partial charge in [0, 0.05) is 37.0 Å². The van der Waals surface area contributed by atoms with E-state index < -0.39 is 0 Å². The van der Waals surface area contributed by atoms with Gasteiger partial charge in [-0.2, -0.15) is 5.10 Å². The van der Waals surface area contributed by atoms with E-state index in [-0.39, 0.29) is 11.9 Å². The lowest BCUT2D eigenvalue weighted by Crippen LogP contribution is -2.37. The molecular formula is C27H34ClN7O2. The number of fused-ring (bicyclic) bond motifs is 1. The maximum atomic E-state index is 12.8. The van der Waals surface area contributed by atoms with E-state index in [0.29, 0.717) is 17.3 Å². The Morgan fingerprint density at radius 3 is 2.51 bits per heavy atom. The number of halogens is 1.